The number of rotatable bonds is 19. The first kappa shape index (κ1) is 31.3. The third kappa shape index (κ3) is 9.74. The molecule has 3 rings (SSSR count). The minimum atomic E-state index is 0.0481. The van der Waals surface area contributed by atoms with Gasteiger partial charge in [0.2, 0.25) is 0 Å². The Hall–Kier alpha value is -3.25. The van der Waals surface area contributed by atoms with Gasteiger partial charge in [-0.15, -0.1) is 0 Å². The molecule has 3 aromatic carbocycles. The molecule has 0 saturated carbocycles. The zero-order chi connectivity index (χ0) is 28.4. The van der Waals surface area contributed by atoms with Crippen LogP contribution in [0.15, 0.2) is 66.7 Å². The molecule has 1 atom stereocenters. The van der Waals surface area contributed by atoms with Gasteiger partial charge in [0.15, 0.2) is 0 Å². The molecule has 0 spiro atoms. The van der Waals surface area contributed by atoms with E-state index in [1.54, 1.807) is 0 Å². The Morgan fingerprint density at radius 1 is 0.650 bits per heavy atom. The molecule has 0 aliphatic carbocycles. The minimum absolute atomic E-state index is 0.0481. The zero-order valence-electron chi connectivity index (χ0n) is 25.1. The molecule has 0 N–H and O–H groups in total. The van der Waals surface area contributed by atoms with Gasteiger partial charge in [-0.25, -0.2) is 0 Å². The standard InChI is InChI=1S/C37H49NO2/c1-4-6-8-10-11-12-13-20-28-39-37-34(33-25-19-18-24-32(33)31-22-16-14-17-23-31)26-27-36(35(37)29-38)40-30(3)21-15-9-7-5-2/h14,16-19,22-27,30H,4-13,15,20-21,28H2,1-3H3. The first-order chi connectivity index (χ1) is 19.7. The molecule has 3 heteroatoms. The number of nitriles is 1. The van der Waals surface area contributed by atoms with Crippen LogP contribution in [0.5, 0.6) is 11.5 Å². The Bertz CT molecular complexity index is 1160. The van der Waals surface area contributed by atoms with Crippen molar-refractivity contribution in [3.05, 3.63) is 72.3 Å². The molecule has 40 heavy (non-hydrogen) atoms. The van der Waals surface area contributed by atoms with Crippen LogP contribution in [-0.4, -0.2) is 12.7 Å². The molecule has 0 radical (unpaired) electrons. The Kier molecular flexibility index (Phi) is 14.2. The molecule has 214 valence electrons. The van der Waals surface area contributed by atoms with Crippen LogP contribution in [0.2, 0.25) is 0 Å². The van der Waals surface area contributed by atoms with Crippen LogP contribution in [-0.2, 0) is 0 Å². The summed E-state index contributed by atoms with van der Waals surface area (Å²) in [6.07, 6.45) is 15.8. The summed E-state index contributed by atoms with van der Waals surface area (Å²) in [5, 5.41) is 10.3. The van der Waals surface area contributed by atoms with Crippen molar-refractivity contribution < 1.29 is 9.47 Å². The Morgan fingerprint density at radius 2 is 1.25 bits per heavy atom. The van der Waals surface area contributed by atoms with Crippen molar-refractivity contribution in [2.45, 2.75) is 110 Å². The predicted molar refractivity (Wildman–Crippen MR) is 169 cm³/mol. The lowest BCUT2D eigenvalue weighted by Gasteiger charge is -2.21. The molecule has 3 nitrogen and oxygen atoms in total. The van der Waals surface area contributed by atoms with Crippen LogP contribution in [0, 0.1) is 11.3 Å². The molecular weight excluding hydrogens is 490 g/mol. The maximum Gasteiger partial charge on any atom is 0.148 e. The molecule has 0 bridgehead atoms. The number of nitrogens with zero attached hydrogens (tertiary/aromatic N) is 1. The van der Waals surface area contributed by atoms with Gasteiger partial charge < -0.3 is 9.47 Å². The van der Waals surface area contributed by atoms with Gasteiger partial charge in [-0.3, -0.25) is 0 Å². The Morgan fingerprint density at radius 3 is 1.93 bits per heavy atom. The highest BCUT2D eigenvalue weighted by atomic mass is 16.5. The number of hydrogen-bond acceptors (Lipinski definition) is 3. The van der Waals surface area contributed by atoms with Crippen molar-refractivity contribution >= 4 is 0 Å². The molecule has 0 saturated heterocycles. The van der Waals surface area contributed by atoms with Gasteiger partial charge in [0.1, 0.15) is 23.1 Å². The lowest BCUT2D eigenvalue weighted by molar-refractivity contribution is 0.204. The average Bonchev–Trinajstić information content (AvgIpc) is 2.99. The van der Waals surface area contributed by atoms with E-state index < -0.39 is 0 Å². The van der Waals surface area contributed by atoms with Crippen molar-refractivity contribution in [3.8, 4) is 39.8 Å². The molecule has 0 aromatic heterocycles. The molecule has 0 fully saturated rings. The van der Waals surface area contributed by atoms with Gasteiger partial charge in [0.05, 0.1) is 12.7 Å². The molecule has 0 aliphatic heterocycles. The van der Waals surface area contributed by atoms with Crippen LogP contribution in [0.3, 0.4) is 0 Å². The molecular formula is C37H49NO2. The van der Waals surface area contributed by atoms with Gasteiger partial charge in [0.25, 0.3) is 0 Å². The van der Waals surface area contributed by atoms with Crippen molar-refractivity contribution in [2.75, 3.05) is 6.61 Å². The van der Waals surface area contributed by atoms with Crippen LogP contribution in [0.1, 0.15) is 110 Å². The molecule has 1 unspecified atom stereocenters. The molecule has 0 amide bonds. The highest BCUT2D eigenvalue weighted by molar-refractivity contribution is 5.87. The second-order valence-electron chi connectivity index (χ2n) is 10.9. The van der Waals surface area contributed by atoms with E-state index in [-0.39, 0.29) is 6.10 Å². The third-order valence-electron chi connectivity index (χ3n) is 7.57. The summed E-state index contributed by atoms with van der Waals surface area (Å²) in [5.41, 5.74) is 4.78. The van der Waals surface area contributed by atoms with Crippen LogP contribution in [0.4, 0.5) is 0 Å². The second kappa shape index (κ2) is 18.2. The lowest BCUT2D eigenvalue weighted by Crippen LogP contribution is -2.13. The topological polar surface area (TPSA) is 42.2 Å². The van der Waals surface area contributed by atoms with E-state index in [0.717, 1.165) is 47.9 Å². The van der Waals surface area contributed by atoms with E-state index in [1.807, 2.05) is 12.1 Å². The molecule has 3 aromatic rings. The Labute approximate surface area is 243 Å². The summed E-state index contributed by atoms with van der Waals surface area (Å²) < 4.78 is 12.8. The first-order valence-electron chi connectivity index (χ1n) is 15.7. The summed E-state index contributed by atoms with van der Waals surface area (Å²) in [7, 11) is 0. The summed E-state index contributed by atoms with van der Waals surface area (Å²) >= 11 is 0. The monoisotopic (exact) mass is 539 g/mol. The highest BCUT2D eigenvalue weighted by Crippen LogP contribution is 2.42. The van der Waals surface area contributed by atoms with Crippen LogP contribution >= 0.6 is 0 Å². The van der Waals surface area contributed by atoms with E-state index in [9.17, 15) is 5.26 Å². The summed E-state index contributed by atoms with van der Waals surface area (Å²) in [5.74, 6) is 1.27. The number of hydrogen-bond donors (Lipinski definition) is 0. The van der Waals surface area contributed by atoms with E-state index in [1.165, 1.54) is 57.8 Å². The maximum atomic E-state index is 10.3. The SMILES string of the molecule is CCCCCCCCCCOc1c(-c2ccccc2-c2ccccc2)ccc(OC(C)CCCCCC)c1C#N. The van der Waals surface area contributed by atoms with E-state index >= 15 is 0 Å². The quantitative estimate of drug-likeness (QED) is 0.142. The average molecular weight is 540 g/mol. The highest BCUT2D eigenvalue weighted by Gasteiger charge is 2.21. The third-order valence-corrected chi connectivity index (χ3v) is 7.57. The summed E-state index contributed by atoms with van der Waals surface area (Å²) in [4.78, 5) is 0. The van der Waals surface area contributed by atoms with Crippen molar-refractivity contribution in [3.63, 3.8) is 0 Å². The number of unbranched alkanes of at least 4 members (excludes halogenated alkanes) is 10. The summed E-state index contributed by atoms with van der Waals surface area (Å²) in [6.45, 7) is 7.19. The van der Waals surface area contributed by atoms with Gasteiger partial charge in [-0.05, 0) is 55.0 Å². The second-order valence-corrected chi connectivity index (χ2v) is 10.9. The fraction of sp³-hybridized carbons (Fsp3) is 0.486. The summed E-state index contributed by atoms with van der Waals surface area (Å²) in [6, 6.07) is 25.3. The maximum absolute atomic E-state index is 10.3. The van der Waals surface area contributed by atoms with E-state index in [4.69, 9.17) is 9.47 Å². The molecule has 0 heterocycles. The van der Waals surface area contributed by atoms with E-state index in [2.05, 4.69) is 81.4 Å². The van der Waals surface area contributed by atoms with Crippen molar-refractivity contribution in [2.24, 2.45) is 0 Å². The fourth-order valence-corrected chi connectivity index (χ4v) is 5.26. The fourth-order valence-electron chi connectivity index (χ4n) is 5.26. The predicted octanol–water partition coefficient (Wildman–Crippen LogP) is 11.1. The van der Waals surface area contributed by atoms with Crippen LogP contribution in [0.25, 0.3) is 22.3 Å². The van der Waals surface area contributed by atoms with Crippen molar-refractivity contribution in [1.82, 2.24) is 0 Å². The largest absolute Gasteiger partial charge is 0.491 e. The smallest absolute Gasteiger partial charge is 0.148 e. The zero-order valence-corrected chi connectivity index (χ0v) is 25.1. The first-order valence-corrected chi connectivity index (χ1v) is 15.7. The number of benzene rings is 3. The van der Waals surface area contributed by atoms with Crippen LogP contribution < -0.4 is 9.47 Å². The normalized spacial score (nSPS) is 11.7. The lowest BCUT2D eigenvalue weighted by atomic mass is 9.92. The van der Waals surface area contributed by atoms with Crippen molar-refractivity contribution in [1.29, 1.82) is 5.26 Å². The van der Waals surface area contributed by atoms with Gasteiger partial charge >= 0.3 is 0 Å². The van der Waals surface area contributed by atoms with E-state index in [0.29, 0.717) is 23.7 Å². The van der Waals surface area contributed by atoms with Gasteiger partial charge in [-0.2, -0.15) is 5.26 Å². The Balaban J connectivity index is 1.84. The minimum Gasteiger partial charge on any atom is -0.491 e. The van der Waals surface area contributed by atoms with Gasteiger partial charge in [-0.1, -0.05) is 133 Å². The van der Waals surface area contributed by atoms with Gasteiger partial charge in [0, 0.05) is 5.56 Å². The number of ether oxygens (including phenoxy) is 2. The molecule has 0 aliphatic rings.